The number of hydrogen-bond donors (Lipinski definition) is 1. The minimum atomic E-state index is -0.173. The van der Waals surface area contributed by atoms with Crippen LogP contribution in [0.4, 0.5) is 0 Å². The summed E-state index contributed by atoms with van der Waals surface area (Å²) in [5.41, 5.74) is 3.81. The summed E-state index contributed by atoms with van der Waals surface area (Å²) < 4.78 is 7.25. The summed E-state index contributed by atoms with van der Waals surface area (Å²) in [6.07, 6.45) is 1.57. The molecule has 2 aromatic carbocycles. The SMILES string of the molecule is Cc1cc(C(=O)NCc2ccc(C(=O)N3CC(C)OC(C)C3)cc2)ccc1-n1cnnn1. The molecule has 1 aliphatic heterocycles. The third-order valence-electron chi connectivity index (χ3n) is 5.42. The van der Waals surface area contributed by atoms with Gasteiger partial charge in [0.05, 0.1) is 17.9 Å². The van der Waals surface area contributed by atoms with E-state index in [1.165, 1.54) is 6.33 Å². The van der Waals surface area contributed by atoms with Crippen LogP contribution in [0.3, 0.4) is 0 Å². The van der Waals surface area contributed by atoms with Gasteiger partial charge in [0.25, 0.3) is 11.8 Å². The number of hydrogen-bond acceptors (Lipinski definition) is 6. The normalized spacial score (nSPS) is 18.4. The van der Waals surface area contributed by atoms with Gasteiger partial charge in [-0.1, -0.05) is 12.1 Å². The molecule has 0 aliphatic carbocycles. The first kappa shape index (κ1) is 21.6. The van der Waals surface area contributed by atoms with E-state index in [1.807, 2.05) is 43.9 Å². The van der Waals surface area contributed by atoms with Crippen LogP contribution >= 0.6 is 0 Å². The van der Waals surface area contributed by atoms with Crippen molar-refractivity contribution in [3.63, 3.8) is 0 Å². The average Bonchev–Trinajstić information content (AvgIpc) is 3.31. The monoisotopic (exact) mass is 434 g/mol. The van der Waals surface area contributed by atoms with E-state index in [-0.39, 0.29) is 24.0 Å². The lowest BCUT2D eigenvalue weighted by Crippen LogP contribution is -2.48. The summed E-state index contributed by atoms with van der Waals surface area (Å²) in [7, 11) is 0. The standard InChI is InChI=1S/C23H26N6O3/c1-15-10-20(8-9-21(15)29-14-25-26-27-29)22(30)24-11-18-4-6-19(7-5-18)23(31)28-12-16(2)32-17(3)13-28/h4-10,14,16-17H,11-13H2,1-3H3,(H,24,30). The molecule has 0 radical (unpaired) electrons. The molecule has 9 heteroatoms. The van der Waals surface area contributed by atoms with Gasteiger partial charge in [0, 0.05) is 30.8 Å². The average molecular weight is 435 g/mol. The topological polar surface area (TPSA) is 102 Å². The maximum absolute atomic E-state index is 12.8. The lowest BCUT2D eigenvalue weighted by molar-refractivity contribution is -0.0586. The molecular weight excluding hydrogens is 408 g/mol. The number of carbonyl (C=O) groups excluding carboxylic acids is 2. The van der Waals surface area contributed by atoms with Gasteiger partial charge in [-0.3, -0.25) is 9.59 Å². The summed E-state index contributed by atoms with van der Waals surface area (Å²) in [6.45, 7) is 7.40. The van der Waals surface area contributed by atoms with Crippen LogP contribution in [0.25, 0.3) is 5.69 Å². The molecule has 3 aromatic rings. The molecule has 2 amide bonds. The Balaban J connectivity index is 1.35. The molecule has 2 atom stereocenters. The summed E-state index contributed by atoms with van der Waals surface area (Å²) in [4.78, 5) is 27.2. The van der Waals surface area contributed by atoms with Crippen LogP contribution in [0.1, 0.15) is 45.7 Å². The van der Waals surface area contributed by atoms with Crippen LogP contribution in [0.5, 0.6) is 0 Å². The van der Waals surface area contributed by atoms with Gasteiger partial charge < -0.3 is 15.0 Å². The first-order valence-electron chi connectivity index (χ1n) is 10.6. The molecule has 9 nitrogen and oxygen atoms in total. The van der Waals surface area contributed by atoms with Crippen LogP contribution in [0.2, 0.25) is 0 Å². The van der Waals surface area contributed by atoms with Crippen LogP contribution < -0.4 is 5.32 Å². The van der Waals surface area contributed by atoms with E-state index >= 15 is 0 Å². The largest absolute Gasteiger partial charge is 0.372 e. The van der Waals surface area contributed by atoms with Crippen LogP contribution in [0.15, 0.2) is 48.8 Å². The Bertz CT molecular complexity index is 1090. The molecule has 2 heterocycles. The van der Waals surface area contributed by atoms with Crippen molar-refractivity contribution in [2.24, 2.45) is 0 Å². The zero-order valence-corrected chi connectivity index (χ0v) is 18.4. The maximum Gasteiger partial charge on any atom is 0.254 e. The molecule has 2 unspecified atom stereocenters. The van der Waals surface area contributed by atoms with Gasteiger partial charge in [-0.15, -0.1) is 5.10 Å². The number of amides is 2. The van der Waals surface area contributed by atoms with Crippen molar-refractivity contribution in [1.82, 2.24) is 30.4 Å². The molecule has 4 rings (SSSR count). The molecule has 0 bridgehead atoms. The van der Waals surface area contributed by atoms with Crippen LogP contribution in [-0.4, -0.2) is 62.2 Å². The second-order valence-electron chi connectivity index (χ2n) is 8.10. The number of nitrogens with one attached hydrogen (secondary N) is 1. The second kappa shape index (κ2) is 9.27. The van der Waals surface area contributed by atoms with Crippen molar-refractivity contribution in [3.05, 3.63) is 71.0 Å². The Morgan fingerprint density at radius 3 is 2.38 bits per heavy atom. The van der Waals surface area contributed by atoms with Gasteiger partial charge in [-0.2, -0.15) is 0 Å². The molecule has 1 aliphatic rings. The van der Waals surface area contributed by atoms with Gasteiger partial charge >= 0.3 is 0 Å². The highest BCUT2D eigenvalue weighted by molar-refractivity contribution is 5.95. The van der Waals surface area contributed by atoms with Crippen molar-refractivity contribution in [2.75, 3.05) is 13.1 Å². The Hall–Kier alpha value is -3.59. The summed E-state index contributed by atoms with van der Waals surface area (Å²) >= 11 is 0. The number of ether oxygens (including phenoxy) is 1. The lowest BCUT2D eigenvalue weighted by atomic mass is 10.1. The summed E-state index contributed by atoms with van der Waals surface area (Å²) in [6, 6.07) is 12.7. The molecule has 1 N–H and O–H groups in total. The zero-order valence-electron chi connectivity index (χ0n) is 18.4. The number of aryl methyl sites for hydroxylation is 1. The summed E-state index contributed by atoms with van der Waals surface area (Å²) in [5, 5.41) is 14.1. The predicted molar refractivity (Wildman–Crippen MR) is 117 cm³/mol. The van der Waals surface area contributed by atoms with Crippen molar-refractivity contribution in [3.8, 4) is 5.69 Å². The molecule has 1 aromatic heterocycles. The van der Waals surface area contributed by atoms with Gasteiger partial charge in [0.1, 0.15) is 6.33 Å². The number of benzene rings is 2. The zero-order chi connectivity index (χ0) is 22.7. The molecule has 166 valence electrons. The highest BCUT2D eigenvalue weighted by Crippen LogP contribution is 2.16. The van der Waals surface area contributed by atoms with Crippen molar-refractivity contribution >= 4 is 11.8 Å². The second-order valence-corrected chi connectivity index (χ2v) is 8.10. The molecule has 32 heavy (non-hydrogen) atoms. The maximum atomic E-state index is 12.8. The van der Waals surface area contributed by atoms with E-state index < -0.39 is 0 Å². The number of carbonyl (C=O) groups is 2. The van der Waals surface area contributed by atoms with Crippen molar-refractivity contribution in [2.45, 2.75) is 39.5 Å². The third kappa shape index (κ3) is 4.83. The van der Waals surface area contributed by atoms with Crippen molar-refractivity contribution < 1.29 is 14.3 Å². The van der Waals surface area contributed by atoms with E-state index in [2.05, 4.69) is 20.8 Å². The number of morpholine rings is 1. The Morgan fingerprint density at radius 1 is 1.06 bits per heavy atom. The minimum absolute atomic E-state index is 0.000678. The Kier molecular flexibility index (Phi) is 6.27. The lowest BCUT2D eigenvalue weighted by Gasteiger charge is -2.35. The van der Waals surface area contributed by atoms with E-state index in [1.54, 1.807) is 28.9 Å². The van der Waals surface area contributed by atoms with Gasteiger partial charge in [-0.05, 0) is 72.7 Å². The fraction of sp³-hybridized carbons (Fsp3) is 0.348. The molecule has 1 saturated heterocycles. The highest BCUT2D eigenvalue weighted by atomic mass is 16.5. The van der Waals surface area contributed by atoms with E-state index in [4.69, 9.17) is 4.74 Å². The first-order valence-corrected chi connectivity index (χ1v) is 10.6. The third-order valence-corrected chi connectivity index (χ3v) is 5.42. The van der Waals surface area contributed by atoms with Gasteiger partial charge in [0.2, 0.25) is 0 Å². The first-order chi connectivity index (χ1) is 15.4. The smallest absolute Gasteiger partial charge is 0.254 e. The minimum Gasteiger partial charge on any atom is -0.372 e. The predicted octanol–water partition coefficient (Wildman–Crippen LogP) is 2.15. The summed E-state index contributed by atoms with van der Waals surface area (Å²) in [5.74, 6) is -0.173. The van der Waals surface area contributed by atoms with E-state index in [9.17, 15) is 9.59 Å². The number of aromatic nitrogens is 4. The quantitative estimate of drug-likeness (QED) is 0.660. The Labute approximate surface area is 186 Å². The number of rotatable bonds is 5. The number of tetrazole rings is 1. The fourth-order valence-electron chi connectivity index (χ4n) is 3.90. The highest BCUT2D eigenvalue weighted by Gasteiger charge is 2.26. The van der Waals surface area contributed by atoms with Crippen molar-refractivity contribution in [1.29, 1.82) is 0 Å². The van der Waals surface area contributed by atoms with Gasteiger partial charge in [-0.25, -0.2) is 4.68 Å². The Morgan fingerprint density at radius 2 is 1.75 bits per heavy atom. The fourth-order valence-corrected chi connectivity index (χ4v) is 3.90. The molecule has 0 spiro atoms. The van der Waals surface area contributed by atoms with Crippen LogP contribution in [-0.2, 0) is 11.3 Å². The number of nitrogens with zero attached hydrogens (tertiary/aromatic N) is 5. The van der Waals surface area contributed by atoms with Crippen LogP contribution in [0, 0.1) is 6.92 Å². The van der Waals surface area contributed by atoms with Gasteiger partial charge in [0.15, 0.2) is 0 Å². The van der Waals surface area contributed by atoms with E-state index in [0.29, 0.717) is 30.8 Å². The van der Waals surface area contributed by atoms with E-state index in [0.717, 1.165) is 16.8 Å². The molecule has 1 fully saturated rings. The molecular formula is C23H26N6O3. The molecule has 0 saturated carbocycles.